The summed E-state index contributed by atoms with van der Waals surface area (Å²) in [6, 6.07) is 15.5. The minimum atomic E-state index is -3.38. The number of anilines is 1. The summed E-state index contributed by atoms with van der Waals surface area (Å²) < 4.78 is 24.7. The van der Waals surface area contributed by atoms with Gasteiger partial charge in [-0.2, -0.15) is 0 Å². The summed E-state index contributed by atoms with van der Waals surface area (Å²) in [5.41, 5.74) is 1.90. The second-order valence-electron chi connectivity index (χ2n) is 6.91. The van der Waals surface area contributed by atoms with Gasteiger partial charge in [-0.05, 0) is 31.0 Å². The first kappa shape index (κ1) is 20.2. The molecule has 2 amide bonds. The molecule has 0 spiro atoms. The summed E-state index contributed by atoms with van der Waals surface area (Å²) >= 11 is 1.29. The highest BCUT2D eigenvalue weighted by Crippen LogP contribution is 2.33. The van der Waals surface area contributed by atoms with E-state index in [1.807, 2.05) is 35.7 Å². The lowest BCUT2D eigenvalue weighted by Crippen LogP contribution is -2.32. The summed E-state index contributed by atoms with van der Waals surface area (Å²) in [5, 5.41) is 7.10. The minimum Gasteiger partial charge on any atom is -0.343 e. The molecule has 30 heavy (non-hydrogen) atoms. The second-order valence-corrected chi connectivity index (χ2v) is 9.99. The van der Waals surface area contributed by atoms with Crippen molar-refractivity contribution in [2.24, 2.45) is 0 Å². The van der Waals surface area contributed by atoms with E-state index in [4.69, 9.17) is 0 Å². The van der Waals surface area contributed by atoms with Crippen molar-refractivity contribution in [2.45, 2.75) is 23.0 Å². The predicted octanol–water partition coefficient (Wildman–Crippen LogP) is 3.11. The van der Waals surface area contributed by atoms with Gasteiger partial charge in [0, 0.05) is 16.5 Å². The van der Waals surface area contributed by atoms with E-state index in [0.717, 1.165) is 11.3 Å². The molecule has 1 heterocycles. The number of benzene rings is 2. The van der Waals surface area contributed by atoms with Gasteiger partial charge < -0.3 is 10.6 Å². The number of aromatic nitrogens is 1. The van der Waals surface area contributed by atoms with E-state index in [0.29, 0.717) is 18.0 Å². The van der Waals surface area contributed by atoms with Crippen LogP contribution in [0, 0.1) is 0 Å². The normalized spacial score (nSPS) is 13.6. The van der Waals surface area contributed by atoms with E-state index in [2.05, 4.69) is 15.6 Å². The Labute approximate surface area is 178 Å². The lowest BCUT2D eigenvalue weighted by atomic mass is 10.2. The maximum absolute atomic E-state index is 12.4. The second kappa shape index (κ2) is 8.37. The number of carbonyl (C=O) groups is 2. The SMILES string of the molecule is O=C(CNC(=O)c1cccc(S(=O)(=O)C2CC2)c1)Nc1nc(-c2ccccc2)cs1. The van der Waals surface area contributed by atoms with Gasteiger partial charge in [-0.3, -0.25) is 9.59 Å². The Morgan fingerprint density at radius 3 is 2.57 bits per heavy atom. The highest BCUT2D eigenvalue weighted by molar-refractivity contribution is 7.92. The van der Waals surface area contributed by atoms with Gasteiger partial charge in [-0.25, -0.2) is 13.4 Å². The molecule has 0 unspecified atom stereocenters. The number of thiazole rings is 1. The monoisotopic (exact) mass is 441 g/mol. The average Bonchev–Trinajstić information content (AvgIpc) is 3.53. The van der Waals surface area contributed by atoms with Crippen molar-refractivity contribution in [3.63, 3.8) is 0 Å². The Kier molecular flexibility index (Phi) is 5.65. The molecular weight excluding hydrogens is 422 g/mol. The van der Waals surface area contributed by atoms with Gasteiger partial charge in [-0.15, -0.1) is 11.3 Å². The summed E-state index contributed by atoms with van der Waals surface area (Å²) in [6.07, 6.45) is 1.31. The van der Waals surface area contributed by atoms with Crippen molar-refractivity contribution < 1.29 is 18.0 Å². The molecule has 0 radical (unpaired) electrons. The largest absolute Gasteiger partial charge is 0.343 e. The molecular formula is C21H19N3O4S2. The lowest BCUT2D eigenvalue weighted by Gasteiger charge is -2.07. The molecule has 0 atom stereocenters. The van der Waals surface area contributed by atoms with Crippen LogP contribution in [0.1, 0.15) is 23.2 Å². The van der Waals surface area contributed by atoms with Crippen molar-refractivity contribution in [1.82, 2.24) is 10.3 Å². The van der Waals surface area contributed by atoms with Gasteiger partial charge in [0.25, 0.3) is 5.91 Å². The van der Waals surface area contributed by atoms with Crippen LogP contribution < -0.4 is 10.6 Å². The highest BCUT2D eigenvalue weighted by Gasteiger charge is 2.37. The maximum Gasteiger partial charge on any atom is 0.251 e. The van der Waals surface area contributed by atoms with Crippen molar-refractivity contribution >= 4 is 38.1 Å². The maximum atomic E-state index is 12.4. The number of amides is 2. The number of carbonyl (C=O) groups excluding carboxylic acids is 2. The summed E-state index contributed by atoms with van der Waals surface area (Å²) in [4.78, 5) is 29.0. The summed E-state index contributed by atoms with van der Waals surface area (Å²) in [7, 11) is -3.38. The zero-order valence-electron chi connectivity index (χ0n) is 15.9. The smallest absolute Gasteiger partial charge is 0.251 e. The highest BCUT2D eigenvalue weighted by atomic mass is 32.2. The molecule has 1 aromatic heterocycles. The Bertz CT molecular complexity index is 1190. The standard InChI is InChI=1S/C21H19N3O4S2/c25-19(24-21-23-18(13-29-21)14-5-2-1-3-6-14)12-22-20(26)15-7-4-8-17(11-15)30(27,28)16-9-10-16/h1-8,11,13,16H,9-10,12H2,(H,22,26)(H,23,24,25). The number of nitrogens with zero attached hydrogens (tertiary/aromatic N) is 1. The average molecular weight is 442 g/mol. The van der Waals surface area contributed by atoms with Crippen LogP contribution in [-0.4, -0.2) is 37.0 Å². The molecule has 4 rings (SSSR count). The Balaban J connectivity index is 1.34. The van der Waals surface area contributed by atoms with Crippen LogP contribution in [0.25, 0.3) is 11.3 Å². The third kappa shape index (κ3) is 4.58. The van der Waals surface area contributed by atoms with Gasteiger partial charge in [0.15, 0.2) is 15.0 Å². The Morgan fingerprint density at radius 1 is 1.07 bits per heavy atom. The molecule has 9 heteroatoms. The van der Waals surface area contributed by atoms with Gasteiger partial charge in [0.2, 0.25) is 5.91 Å². The molecule has 7 nitrogen and oxygen atoms in total. The summed E-state index contributed by atoms with van der Waals surface area (Å²) in [6.45, 7) is -0.251. The topological polar surface area (TPSA) is 105 Å². The lowest BCUT2D eigenvalue weighted by molar-refractivity contribution is -0.115. The zero-order valence-corrected chi connectivity index (χ0v) is 17.5. The third-order valence-electron chi connectivity index (χ3n) is 4.62. The molecule has 1 saturated carbocycles. The molecule has 1 aliphatic rings. The molecule has 2 aromatic carbocycles. The quantitative estimate of drug-likeness (QED) is 0.586. The molecule has 3 aromatic rings. The fourth-order valence-corrected chi connectivity index (χ4v) is 5.32. The fourth-order valence-electron chi connectivity index (χ4n) is 2.88. The van der Waals surface area contributed by atoms with Gasteiger partial charge in [0.05, 0.1) is 22.4 Å². The number of sulfone groups is 1. The van der Waals surface area contributed by atoms with E-state index in [9.17, 15) is 18.0 Å². The third-order valence-corrected chi connectivity index (χ3v) is 7.64. The van der Waals surface area contributed by atoms with E-state index < -0.39 is 21.7 Å². The van der Waals surface area contributed by atoms with E-state index >= 15 is 0 Å². The van der Waals surface area contributed by atoms with Crippen LogP contribution in [-0.2, 0) is 14.6 Å². The Morgan fingerprint density at radius 2 is 1.83 bits per heavy atom. The van der Waals surface area contributed by atoms with Gasteiger partial charge >= 0.3 is 0 Å². The van der Waals surface area contributed by atoms with Crippen molar-refractivity contribution in [3.05, 3.63) is 65.5 Å². The molecule has 1 aliphatic carbocycles. The van der Waals surface area contributed by atoms with Crippen LogP contribution >= 0.6 is 11.3 Å². The van der Waals surface area contributed by atoms with Crippen LogP contribution in [0.3, 0.4) is 0 Å². The first-order valence-electron chi connectivity index (χ1n) is 9.36. The Hall–Kier alpha value is -3.04. The van der Waals surface area contributed by atoms with Crippen LogP contribution in [0.15, 0.2) is 64.9 Å². The molecule has 1 fully saturated rings. The van der Waals surface area contributed by atoms with E-state index in [1.165, 1.54) is 35.6 Å². The zero-order chi connectivity index (χ0) is 21.1. The van der Waals surface area contributed by atoms with E-state index in [-0.39, 0.29) is 22.3 Å². The molecule has 2 N–H and O–H groups in total. The fraction of sp³-hybridized carbons (Fsp3) is 0.190. The summed E-state index contributed by atoms with van der Waals surface area (Å²) in [5.74, 6) is -0.929. The predicted molar refractivity (Wildman–Crippen MR) is 115 cm³/mol. The molecule has 154 valence electrons. The van der Waals surface area contributed by atoms with Gasteiger partial charge in [0.1, 0.15) is 0 Å². The van der Waals surface area contributed by atoms with Crippen molar-refractivity contribution in [2.75, 3.05) is 11.9 Å². The van der Waals surface area contributed by atoms with Crippen molar-refractivity contribution in [1.29, 1.82) is 0 Å². The molecule has 0 bridgehead atoms. The minimum absolute atomic E-state index is 0.137. The van der Waals surface area contributed by atoms with Crippen molar-refractivity contribution in [3.8, 4) is 11.3 Å². The van der Waals surface area contributed by atoms with Crippen LogP contribution in [0.4, 0.5) is 5.13 Å². The molecule has 0 aliphatic heterocycles. The van der Waals surface area contributed by atoms with E-state index in [1.54, 1.807) is 0 Å². The molecule has 0 saturated heterocycles. The van der Waals surface area contributed by atoms with Gasteiger partial charge in [-0.1, -0.05) is 36.4 Å². The first-order valence-corrected chi connectivity index (χ1v) is 11.8. The number of rotatable bonds is 7. The number of hydrogen-bond acceptors (Lipinski definition) is 6. The first-order chi connectivity index (χ1) is 14.4. The van der Waals surface area contributed by atoms with Crippen LogP contribution in [0.5, 0.6) is 0 Å². The number of nitrogens with one attached hydrogen (secondary N) is 2. The number of hydrogen-bond donors (Lipinski definition) is 2. The van der Waals surface area contributed by atoms with Crippen LogP contribution in [0.2, 0.25) is 0 Å².